The maximum Gasteiger partial charge on any atom is 0.411 e. The van der Waals surface area contributed by atoms with Gasteiger partial charge in [0.25, 0.3) is 5.91 Å². The van der Waals surface area contributed by atoms with Crippen LogP contribution < -0.4 is 0 Å². The largest absolute Gasteiger partial charge is 0.411 e. The van der Waals surface area contributed by atoms with Gasteiger partial charge in [-0.3, -0.25) is 4.79 Å². The van der Waals surface area contributed by atoms with Gasteiger partial charge in [0, 0.05) is 12.1 Å². The van der Waals surface area contributed by atoms with Gasteiger partial charge in [0.1, 0.15) is 6.61 Å². The number of fused-ring (bicyclic) bond motifs is 1. The zero-order valence-corrected chi connectivity index (χ0v) is 13.9. The third-order valence-electron chi connectivity index (χ3n) is 4.73. The molecule has 7 heteroatoms. The molecule has 1 saturated heterocycles. The summed E-state index contributed by atoms with van der Waals surface area (Å²) in [5, 5.41) is 0. The molecule has 1 aliphatic carbocycles. The first-order valence-corrected chi connectivity index (χ1v) is 8.60. The van der Waals surface area contributed by atoms with Crippen LogP contribution in [0.2, 0.25) is 0 Å². The fourth-order valence-electron chi connectivity index (χ4n) is 3.54. The van der Waals surface area contributed by atoms with Crippen molar-refractivity contribution in [3.8, 4) is 0 Å². The zero-order valence-electron chi connectivity index (χ0n) is 13.9. The summed E-state index contributed by atoms with van der Waals surface area (Å²) in [6, 6.07) is 6.72. The van der Waals surface area contributed by atoms with E-state index in [1.165, 1.54) is 0 Å². The molecular formula is C18H22F3NO3. The number of hydrogen-bond acceptors (Lipinski definition) is 3. The van der Waals surface area contributed by atoms with E-state index in [1.807, 2.05) is 4.90 Å². The number of nitrogens with zero attached hydrogens (tertiary/aromatic N) is 1. The molecule has 1 heterocycles. The minimum Gasteiger partial charge on any atom is -0.374 e. The standard InChI is InChI=1S/C18H22F3NO3/c19-18(20,21)12-24-11-13-5-7-14(8-6-13)17(23)22-9-10-25-16-4-2-1-3-15(16)22/h5-8,15-16H,1-4,9-12H2. The smallest absolute Gasteiger partial charge is 0.374 e. The van der Waals surface area contributed by atoms with E-state index in [1.54, 1.807) is 24.3 Å². The Hall–Kier alpha value is -1.60. The molecule has 0 radical (unpaired) electrons. The number of carbonyl (C=O) groups is 1. The van der Waals surface area contributed by atoms with Gasteiger partial charge in [0.15, 0.2) is 0 Å². The van der Waals surface area contributed by atoms with Crippen LogP contribution in [0.25, 0.3) is 0 Å². The van der Waals surface area contributed by atoms with Crippen molar-refractivity contribution in [2.24, 2.45) is 0 Å². The molecule has 4 nitrogen and oxygen atoms in total. The van der Waals surface area contributed by atoms with Crippen LogP contribution in [-0.4, -0.2) is 48.9 Å². The van der Waals surface area contributed by atoms with Crippen LogP contribution in [0.5, 0.6) is 0 Å². The number of amides is 1. The quantitative estimate of drug-likeness (QED) is 0.827. The van der Waals surface area contributed by atoms with Crippen molar-refractivity contribution in [1.82, 2.24) is 4.90 Å². The number of benzene rings is 1. The van der Waals surface area contributed by atoms with Gasteiger partial charge in [-0.05, 0) is 30.5 Å². The van der Waals surface area contributed by atoms with Gasteiger partial charge in [-0.25, -0.2) is 0 Å². The molecule has 2 fully saturated rings. The summed E-state index contributed by atoms with van der Waals surface area (Å²) in [4.78, 5) is 14.7. The Kier molecular flexibility index (Phi) is 5.64. The predicted octanol–water partition coefficient (Wildman–Crippen LogP) is 3.55. The van der Waals surface area contributed by atoms with Gasteiger partial charge in [-0.15, -0.1) is 0 Å². The Bertz CT molecular complexity index is 586. The van der Waals surface area contributed by atoms with E-state index in [2.05, 4.69) is 4.74 Å². The SMILES string of the molecule is O=C(c1ccc(COCC(F)(F)F)cc1)N1CCOC2CCCCC21. The zero-order chi connectivity index (χ0) is 17.9. The minimum absolute atomic E-state index is 0.0389. The molecule has 0 spiro atoms. The highest BCUT2D eigenvalue weighted by Crippen LogP contribution is 2.29. The fraction of sp³-hybridized carbons (Fsp3) is 0.611. The summed E-state index contributed by atoms with van der Waals surface area (Å²) in [5.74, 6) is -0.0389. The van der Waals surface area contributed by atoms with Gasteiger partial charge >= 0.3 is 6.18 Å². The number of halogens is 3. The Morgan fingerprint density at radius 1 is 1.20 bits per heavy atom. The normalized spacial score (nSPS) is 24.0. The summed E-state index contributed by atoms with van der Waals surface area (Å²) in [6.07, 6.45) is -0.0204. The third kappa shape index (κ3) is 4.73. The first-order chi connectivity index (χ1) is 11.9. The summed E-state index contributed by atoms with van der Waals surface area (Å²) < 4.78 is 46.7. The second-order valence-electron chi connectivity index (χ2n) is 6.56. The predicted molar refractivity (Wildman–Crippen MR) is 85.2 cm³/mol. The number of alkyl halides is 3. The molecule has 1 amide bonds. The maximum atomic E-state index is 12.8. The van der Waals surface area contributed by atoms with Crippen molar-refractivity contribution >= 4 is 5.91 Å². The number of ether oxygens (including phenoxy) is 2. The van der Waals surface area contributed by atoms with E-state index in [0.717, 1.165) is 25.7 Å². The van der Waals surface area contributed by atoms with E-state index in [-0.39, 0.29) is 24.7 Å². The van der Waals surface area contributed by atoms with Gasteiger partial charge in [0.05, 0.1) is 25.4 Å². The Morgan fingerprint density at radius 2 is 1.92 bits per heavy atom. The van der Waals surface area contributed by atoms with Crippen molar-refractivity contribution < 1.29 is 27.4 Å². The van der Waals surface area contributed by atoms with Crippen molar-refractivity contribution in [2.75, 3.05) is 19.8 Å². The lowest BCUT2D eigenvalue weighted by atomic mass is 9.89. The molecule has 2 atom stereocenters. The van der Waals surface area contributed by atoms with Crippen molar-refractivity contribution in [1.29, 1.82) is 0 Å². The molecule has 2 unspecified atom stereocenters. The molecule has 3 rings (SSSR count). The van der Waals surface area contributed by atoms with Crippen molar-refractivity contribution in [3.05, 3.63) is 35.4 Å². The van der Waals surface area contributed by atoms with Crippen LogP contribution in [0.3, 0.4) is 0 Å². The highest BCUT2D eigenvalue weighted by Gasteiger charge is 2.36. The molecule has 1 aromatic rings. The Balaban J connectivity index is 1.60. The molecule has 1 aromatic carbocycles. The lowest BCUT2D eigenvalue weighted by Gasteiger charge is -2.43. The second kappa shape index (κ2) is 7.74. The van der Waals surface area contributed by atoms with Crippen LogP contribution in [0.4, 0.5) is 13.2 Å². The van der Waals surface area contributed by atoms with Crippen LogP contribution in [0.15, 0.2) is 24.3 Å². The summed E-state index contributed by atoms with van der Waals surface area (Å²) in [6.45, 7) is -0.270. The average molecular weight is 357 g/mol. The Morgan fingerprint density at radius 3 is 2.64 bits per heavy atom. The lowest BCUT2D eigenvalue weighted by Crippen LogP contribution is -2.54. The molecule has 0 aromatic heterocycles. The monoisotopic (exact) mass is 357 g/mol. The molecule has 138 valence electrons. The minimum atomic E-state index is -4.33. The van der Waals surface area contributed by atoms with Crippen molar-refractivity contribution in [2.45, 2.75) is 50.6 Å². The van der Waals surface area contributed by atoms with E-state index in [0.29, 0.717) is 24.3 Å². The lowest BCUT2D eigenvalue weighted by molar-refractivity contribution is -0.176. The van der Waals surface area contributed by atoms with E-state index in [9.17, 15) is 18.0 Å². The number of rotatable bonds is 4. The van der Waals surface area contributed by atoms with Gasteiger partial charge in [0.2, 0.25) is 0 Å². The number of hydrogen-bond donors (Lipinski definition) is 0. The number of morpholine rings is 1. The molecule has 1 aliphatic heterocycles. The van der Waals surface area contributed by atoms with Crippen LogP contribution in [0.1, 0.15) is 41.6 Å². The highest BCUT2D eigenvalue weighted by molar-refractivity contribution is 5.94. The van der Waals surface area contributed by atoms with E-state index >= 15 is 0 Å². The molecular weight excluding hydrogens is 335 g/mol. The van der Waals surface area contributed by atoms with E-state index < -0.39 is 12.8 Å². The summed E-state index contributed by atoms with van der Waals surface area (Å²) >= 11 is 0. The van der Waals surface area contributed by atoms with Crippen molar-refractivity contribution in [3.63, 3.8) is 0 Å². The van der Waals surface area contributed by atoms with E-state index in [4.69, 9.17) is 4.74 Å². The molecule has 2 aliphatic rings. The maximum absolute atomic E-state index is 12.8. The molecule has 25 heavy (non-hydrogen) atoms. The first-order valence-electron chi connectivity index (χ1n) is 8.60. The average Bonchev–Trinajstić information content (AvgIpc) is 2.60. The fourth-order valence-corrected chi connectivity index (χ4v) is 3.54. The first kappa shape index (κ1) is 18.2. The van der Waals surface area contributed by atoms with Gasteiger partial charge < -0.3 is 14.4 Å². The highest BCUT2D eigenvalue weighted by atomic mass is 19.4. The number of carbonyl (C=O) groups excluding carboxylic acids is 1. The van der Waals surface area contributed by atoms with Crippen LogP contribution in [0, 0.1) is 0 Å². The molecule has 0 bridgehead atoms. The van der Waals surface area contributed by atoms with Gasteiger partial charge in [-0.1, -0.05) is 25.0 Å². The van der Waals surface area contributed by atoms with Crippen LogP contribution in [-0.2, 0) is 16.1 Å². The third-order valence-corrected chi connectivity index (χ3v) is 4.73. The van der Waals surface area contributed by atoms with Gasteiger partial charge in [-0.2, -0.15) is 13.2 Å². The van der Waals surface area contributed by atoms with Crippen LogP contribution >= 0.6 is 0 Å². The Labute approximate surface area is 144 Å². The summed E-state index contributed by atoms with van der Waals surface area (Å²) in [7, 11) is 0. The topological polar surface area (TPSA) is 38.8 Å². The molecule has 0 N–H and O–H groups in total. The second-order valence-corrected chi connectivity index (χ2v) is 6.56. The summed E-state index contributed by atoms with van der Waals surface area (Å²) in [5.41, 5.74) is 1.16. The molecule has 1 saturated carbocycles.